The molecule has 0 aromatic carbocycles. The number of unbranched alkanes of at least 4 members (excludes halogenated alkanes) is 5. The van der Waals surface area contributed by atoms with E-state index in [1.165, 1.54) is 32.1 Å². The second-order valence-corrected chi connectivity index (χ2v) is 7.13. The summed E-state index contributed by atoms with van der Waals surface area (Å²) in [5, 5.41) is 3.05. The summed E-state index contributed by atoms with van der Waals surface area (Å²) in [5.74, 6) is 1.31. The highest BCUT2D eigenvalue weighted by atomic mass is 16.2. The summed E-state index contributed by atoms with van der Waals surface area (Å²) in [5.41, 5.74) is 5.88. The first-order chi connectivity index (χ1) is 13.7. The quantitative estimate of drug-likeness (QED) is 0.340. The molecule has 1 aliphatic heterocycles. The molecule has 0 aliphatic carbocycles. The number of rotatable bonds is 11. The minimum absolute atomic E-state index is 0.143. The van der Waals surface area contributed by atoms with Crippen LogP contribution in [-0.4, -0.2) is 66.0 Å². The van der Waals surface area contributed by atoms with E-state index in [9.17, 15) is 4.79 Å². The van der Waals surface area contributed by atoms with Crippen molar-refractivity contribution in [3.8, 4) is 0 Å². The Labute approximate surface area is 168 Å². The number of nitrogens with two attached hydrogens (primary N) is 1. The third-order valence-corrected chi connectivity index (χ3v) is 4.91. The smallest absolute Gasteiger partial charge is 0.225 e. The molecule has 0 unspecified atom stereocenters. The lowest BCUT2D eigenvalue weighted by Crippen LogP contribution is -2.49. The fourth-order valence-corrected chi connectivity index (χ4v) is 3.21. The van der Waals surface area contributed by atoms with Crippen LogP contribution in [0.1, 0.15) is 51.9 Å². The Balaban J connectivity index is 1.55. The molecule has 1 saturated heterocycles. The molecule has 0 spiro atoms. The molecule has 1 fully saturated rings. The van der Waals surface area contributed by atoms with Crippen molar-refractivity contribution >= 4 is 17.8 Å². The number of piperazine rings is 1. The van der Waals surface area contributed by atoms with Gasteiger partial charge in [-0.3, -0.25) is 9.79 Å². The lowest BCUT2D eigenvalue weighted by Gasteiger charge is -2.34. The molecule has 1 aliphatic rings. The van der Waals surface area contributed by atoms with Gasteiger partial charge >= 0.3 is 0 Å². The fraction of sp³-hybridized carbons (Fsp3) is 0.700. The predicted octanol–water partition coefficient (Wildman–Crippen LogP) is 1.78. The van der Waals surface area contributed by atoms with Crippen LogP contribution < -0.4 is 16.0 Å². The molecular weight excluding hydrogens is 354 g/mol. The number of carbonyl (C=O) groups excluding carboxylic acids is 1. The van der Waals surface area contributed by atoms with Gasteiger partial charge in [-0.25, -0.2) is 9.97 Å². The van der Waals surface area contributed by atoms with Crippen molar-refractivity contribution in [3.05, 3.63) is 18.5 Å². The topological polar surface area (TPSA) is 99.7 Å². The molecule has 1 aromatic rings. The van der Waals surface area contributed by atoms with Gasteiger partial charge in [0.1, 0.15) is 0 Å². The van der Waals surface area contributed by atoms with Crippen LogP contribution in [0.2, 0.25) is 0 Å². The van der Waals surface area contributed by atoms with Crippen LogP contribution in [0.15, 0.2) is 23.5 Å². The number of nitrogens with one attached hydrogen (secondary N) is 1. The van der Waals surface area contributed by atoms with Crippen molar-refractivity contribution in [3.63, 3.8) is 0 Å². The van der Waals surface area contributed by atoms with Gasteiger partial charge in [-0.15, -0.1) is 0 Å². The van der Waals surface area contributed by atoms with E-state index in [1.54, 1.807) is 18.5 Å². The van der Waals surface area contributed by atoms with Gasteiger partial charge in [0.15, 0.2) is 5.96 Å². The standard InChI is InChI=1S/C20H35N7O/c1-2-3-4-5-6-7-10-22-19(21)23-13-9-18(28)26-14-16-27(17-15-26)20-24-11-8-12-25-20/h8,11-12H,2-7,9-10,13-17H2,1H3,(H3,21,22,23). The van der Waals surface area contributed by atoms with Gasteiger partial charge in [0.05, 0.1) is 0 Å². The van der Waals surface area contributed by atoms with E-state index in [-0.39, 0.29) is 5.91 Å². The number of hydrogen-bond donors (Lipinski definition) is 2. The zero-order chi connectivity index (χ0) is 20.0. The molecule has 0 atom stereocenters. The number of aliphatic imine (C=N–C) groups is 1. The Bertz CT molecular complexity index is 585. The number of guanidine groups is 1. The maximum absolute atomic E-state index is 12.4. The van der Waals surface area contributed by atoms with Crippen LogP contribution in [0, 0.1) is 0 Å². The van der Waals surface area contributed by atoms with Gasteiger partial charge in [-0.2, -0.15) is 0 Å². The molecule has 1 amide bonds. The van der Waals surface area contributed by atoms with Gasteiger partial charge in [0, 0.05) is 58.1 Å². The summed E-state index contributed by atoms with van der Waals surface area (Å²) in [7, 11) is 0. The van der Waals surface area contributed by atoms with Gasteiger partial charge in [0.25, 0.3) is 0 Å². The molecule has 156 valence electrons. The second kappa shape index (κ2) is 12.9. The molecule has 1 aromatic heterocycles. The average Bonchev–Trinajstić information content (AvgIpc) is 2.74. The highest BCUT2D eigenvalue weighted by molar-refractivity contribution is 5.80. The molecule has 2 heterocycles. The molecule has 0 saturated carbocycles. The van der Waals surface area contributed by atoms with Crippen LogP contribution in [0.25, 0.3) is 0 Å². The number of carbonyl (C=O) groups is 1. The lowest BCUT2D eigenvalue weighted by atomic mass is 10.1. The van der Waals surface area contributed by atoms with E-state index in [4.69, 9.17) is 5.73 Å². The number of nitrogens with zero attached hydrogens (tertiary/aromatic N) is 5. The third-order valence-electron chi connectivity index (χ3n) is 4.91. The zero-order valence-electron chi connectivity index (χ0n) is 17.1. The van der Waals surface area contributed by atoms with E-state index in [2.05, 4.69) is 32.1 Å². The van der Waals surface area contributed by atoms with E-state index >= 15 is 0 Å². The van der Waals surface area contributed by atoms with Crippen LogP contribution >= 0.6 is 0 Å². The summed E-state index contributed by atoms with van der Waals surface area (Å²) >= 11 is 0. The highest BCUT2D eigenvalue weighted by Crippen LogP contribution is 2.10. The van der Waals surface area contributed by atoms with Crippen molar-refractivity contribution in [2.24, 2.45) is 10.7 Å². The summed E-state index contributed by atoms with van der Waals surface area (Å²) in [4.78, 5) is 29.2. The van der Waals surface area contributed by atoms with Crippen LogP contribution in [0.5, 0.6) is 0 Å². The molecule has 0 radical (unpaired) electrons. The first-order valence-electron chi connectivity index (χ1n) is 10.5. The van der Waals surface area contributed by atoms with E-state index in [0.717, 1.165) is 32.0 Å². The average molecular weight is 390 g/mol. The van der Waals surface area contributed by atoms with Crippen molar-refractivity contribution in [1.82, 2.24) is 20.2 Å². The number of amides is 1. The molecule has 8 nitrogen and oxygen atoms in total. The minimum Gasteiger partial charge on any atom is -0.370 e. The SMILES string of the molecule is CCCCCCCCN=C(N)NCCC(=O)N1CCN(c2ncccn2)CC1. The summed E-state index contributed by atoms with van der Waals surface area (Å²) in [6, 6.07) is 1.80. The lowest BCUT2D eigenvalue weighted by molar-refractivity contribution is -0.131. The van der Waals surface area contributed by atoms with Crippen molar-refractivity contribution in [1.29, 1.82) is 0 Å². The van der Waals surface area contributed by atoms with E-state index in [0.29, 0.717) is 32.0 Å². The molecule has 28 heavy (non-hydrogen) atoms. The minimum atomic E-state index is 0.143. The largest absolute Gasteiger partial charge is 0.370 e. The molecular formula is C20H35N7O. The molecule has 8 heteroatoms. The summed E-state index contributed by atoms with van der Waals surface area (Å²) in [6.07, 6.45) is 11.3. The molecule has 3 N–H and O–H groups in total. The Morgan fingerprint density at radius 1 is 1.11 bits per heavy atom. The maximum atomic E-state index is 12.4. The van der Waals surface area contributed by atoms with Crippen LogP contribution in [-0.2, 0) is 4.79 Å². The Morgan fingerprint density at radius 3 is 2.50 bits per heavy atom. The van der Waals surface area contributed by atoms with E-state index in [1.807, 2.05) is 4.90 Å². The normalized spacial score (nSPS) is 15.0. The zero-order valence-corrected chi connectivity index (χ0v) is 17.1. The fourth-order valence-electron chi connectivity index (χ4n) is 3.21. The first kappa shape index (κ1) is 21.9. The summed E-state index contributed by atoms with van der Waals surface area (Å²) in [6.45, 7) is 6.39. The van der Waals surface area contributed by atoms with Crippen LogP contribution in [0.4, 0.5) is 5.95 Å². The van der Waals surface area contributed by atoms with Crippen molar-refractivity contribution in [2.45, 2.75) is 51.9 Å². The second-order valence-electron chi connectivity index (χ2n) is 7.13. The van der Waals surface area contributed by atoms with Gasteiger partial charge in [0.2, 0.25) is 11.9 Å². The molecule has 2 rings (SSSR count). The third kappa shape index (κ3) is 8.10. The van der Waals surface area contributed by atoms with Crippen LogP contribution in [0.3, 0.4) is 0 Å². The first-order valence-corrected chi connectivity index (χ1v) is 10.5. The van der Waals surface area contributed by atoms with Gasteiger partial charge in [-0.1, -0.05) is 39.0 Å². The van der Waals surface area contributed by atoms with Crippen molar-refractivity contribution < 1.29 is 4.79 Å². The number of anilines is 1. The summed E-state index contributed by atoms with van der Waals surface area (Å²) < 4.78 is 0. The van der Waals surface area contributed by atoms with Crippen molar-refractivity contribution in [2.75, 3.05) is 44.2 Å². The Morgan fingerprint density at radius 2 is 1.79 bits per heavy atom. The van der Waals surface area contributed by atoms with Gasteiger partial charge in [-0.05, 0) is 12.5 Å². The highest BCUT2D eigenvalue weighted by Gasteiger charge is 2.21. The maximum Gasteiger partial charge on any atom is 0.225 e. The number of hydrogen-bond acceptors (Lipinski definition) is 5. The Kier molecular flexibility index (Phi) is 10.1. The van der Waals surface area contributed by atoms with E-state index < -0.39 is 0 Å². The number of aromatic nitrogens is 2. The molecule has 0 bridgehead atoms. The predicted molar refractivity (Wildman–Crippen MR) is 113 cm³/mol. The monoisotopic (exact) mass is 389 g/mol. The Hall–Kier alpha value is -2.38. The van der Waals surface area contributed by atoms with Gasteiger partial charge < -0.3 is 20.9 Å².